The van der Waals surface area contributed by atoms with Gasteiger partial charge in [-0.05, 0) is 6.92 Å². The summed E-state index contributed by atoms with van der Waals surface area (Å²) < 4.78 is 24.1. The van der Waals surface area contributed by atoms with Crippen molar-refractivity contribution >= 4 is 15.7 Å². The van der Waals surface area contributed by atoms with Crippen molar-refractivity contribution in [3.05, 3.63) is 22.7 Å². The first-order valence-electron chi connectivity index (χ1n) is 5.42. The minimum absolute atomic E-state index is 0.165. The van der Waals surface area contributed by atoms with Gasteiger partial charge in [-0.2, -0.15) is 0 Å². The molecule has 0 unspecified atom stereocenters. The number of aryl methyl sites for hydroxylation is 1. The molecular weight excluding hydrogens is 242 g/mol. The van der Waals surface area contributed by atoms with Crippen molar-refractivity contribution in [2.75, 3.05) is 24.2 Å². The van der Waals surface area contributed by atoms with Crippen LogP contribution in [-0.4, -0.2) is 42.6 Å². The molecule has 0 bridgehead atoms. The summed E-state index contributed by atoms with van der Waals surface area (Å²) in [5, 5.41) is -0.376. The fourth-order valence-electron chi connectivity index (χ4n) is 1.78. The van der Waals surface area contributed by atoms with Crippen LogP contribution in [0.1, 0.15) is 6.92 Å². The monoisotopic (exact) mass is 257 g/mol. The van der Waals surface area contributed by atoms with Crippen LogP contribution in [0, 0.1) is 0 Å². The third kappa shape index (κ3) is 2.19. The summed E-state index contributed by atoms with van der Waals surface area (Å²) in [6.07, 6.45) is 4.41. The van der Waals surface area contributed by atoms with Crippen LogP contribution in [0.5, 0.6) is 0 Å². The number of rotatable bonds is 3. The zero-order valence-electron chi connectivity index (χ0n) is 9.83. The first-order valence-corrected chi connectivity index (χ1v) is 7.38. The Morgan fingerprint density at radius 2 is 2.12 bits per heavy atom. The van der Waals surface area contributed by atoms with E-state index in [9.17, 15) is 13.2 Å². The van der Waals surface area contributed by atoms with Crippen molar-refractivity contribution in [1.29, 1.82) is 0 Å². The number of hydrogen-bond donors (Lipinski definition) is 0. The van der Waals surface area contributed by atoms with Crippen LogP contribution in [0.3, 0.4) is 0 Å². The highest BCUT2D eigenvalue weighted by molar-refractivity contribution is 7.91. The third-order valence-electron chi connectivity index (χ3n) is 2.99. The van der Waals surface area contributed by atoms with Gasteiger partial charge in [0.15, 0.2) is 15.7 Å². The summed E-state index contributed by atoms with van der Waals surface area (Å²) in [5.74, 6) is 0.342. The van der Waals surface area contributed by atoms with E-state index in [2.05, 4.69) is 4.98 Å². The van der Waals surface area contributed by atoms with Crippen LogP contribution in [0.4, 0.5) is 5.82 Å². The molecule has 1 aliphatic rings. The quantitative estimate of drug-likeness (QED) is 0.729. The number of anilines is 1. The van der Waals surface area contributed by atoms with Crippen LogP contribution in [0.25, 0.3) is 0 Å². The van der Waals surface area contributed by atoms with E-state index < -0.39 is 9.84 Å². The second-order valence-corrected chi connectivity index (χ2v) is 6.52. The summed E-state index contributed by atoms with van der Waals surface area (Å²) in [7, 11) is -3.01. The molecule has 0 saturated carbocycles. The van der Waals surface area contributed by atoms with Crippen LogP contribution >= 0.6 is 0 Å². The molecule has 0 spiro atoms. The Balaban J connectivity index is 2.20. The minimum Gasteiger partial charge on any atom is -0.349 e. The van der Waals surface area contributed by atoms with Crippen molar-refractivity contribution < 1.29 is 8.42 Å². The SMILES string of the molecule is CCn1ccnc(N2CC(S(C)(=O)=O)C2)c1=O. The van der Waals surface area contributed by atoms with Gasteiger partial charge in [-0.25, -0.2) is 13.4 Å². The highest BCUT2D eigenvalue weighted by atomic mass is 32.2. The molecule has 0 aromatic carbocycles. The van der Waals surface area contributed by atoms with E-state index in [0.717, 1.165) is 0 Å². The molecule has 0 radical (unpaired) electrons. The molecule has 1 fully saturated rings. The molecule has 1 aliphatic heterocycles. The maximum atomic E-state index is 11.9. The molecular formula is C10H15N3O3S. The Kier molecular flexibility index (Phi) is 2.94. The molecule has 7 heteroatoms. The standard InChI is InChI=1S/C10H15N3O3S/c1-3-12-5-4-11-9(10(12)14)13-6-8(7-13)17(2,15)16/h4-5,8H,3,6-7H2,1-2H3. The van der Waals surface area contributed by atoms with Crippen molar-refractivity contribution in [1.82, 2.24) is 9.55 Å². The number of aromatic nitrogens is 2. The lowest BCUT2D eigenvalue weighted by molar-refractivity contribution is 0.540. The highest BCUT2D eigenvalue weighted by Gasteiger charge is 2.36. The van der Waals surface area contributed by atoms with Gasteiger partial charge in [0.2, 0.25) is 0 Å². The summed E-state index contributed by atoms with van der Waals surface area (Å²) >= 11 is 0. The van der Waals surface area contributed by atoms with Crippen LogP contribution in [-0.2, 0) is 16.4 Å². The fraction of sp³-hybridized carbons (Fsp3) is 0.600. The summed E-state index contributed by atoms with van der Waals surface area (Å²) in [6.45, 7) is 3.17. The second kappa shape index (κ2) is 4.14. The molecule has 1 saturated heterocycles. The van der Waals surface area contributed by atoms with E-state index in [4.69, 9.17) is 0 Å². The van der Waals surface area contributed by atoms with Crippen molar-refractivity contribution in [2.45, 2.75) is 18.7 Å². The van der Waals surface area contributed by atoms with Crippen LogP contribution in [0.2, 0.25) is 0 Å². The lowest BCUT2D eigenvalue weighted by Gasteiger charge is -2.38. The van der Waals surface area contributed by atoms with Gasteiger partial charge in [0.05, 0.1) is 5.25 Å². The van der Waals surface area contributed by atoms with E-state index >= 15 is 0 Å². The number of hydrogen-bond acceptors (Lipinski definition) is 5. The van der Waals surface area contributed by atoms with E-state index in [1.165, 1.54) is 6.26 Å². The Labute approximate surface area is 99.8 Å². The Morgan fingerprint density at radius 1 is 1.47 bits per heavy atom. The predicted octanol–water partition coefficient (Wildman–Crippen LogP) is -0.504. The van der Waals surface area contributed by atoms with Gasteiger partial charge in [0.25, 0.3) is 5.56 Å². The zero-order valence-corrected chi connectivity index (χ0v) is 10.6. The number of nitrogens with zero attached hydrogens (tertiary/aromatic N) is 3. The normalized spacial score (nSPS) is 16.9. The van der Waals surface area contributed by atoms with Crippen LogP contribution < -0.4 is 10.5 Å². The molecule has 94 valence electrons. The highest BCUT2D eigenvalue weighted by Crippen LogP contribution is 2.19. The predicted molar refractivity (Wildman–Crippen MR) is 65.0 cm³/mol. The van der Waals surface area contributed by atoms with Gasteiger partial charge >= 0.3 is 0 Å². The average Bonchev–Trinajstić information content (AvgIpc) is 2.16. The number of sulfone groups is 1. The first-order chi connectivity index (χ1) is 7.93. The Bertz CT molecular complexity index is 573. The summed E-state index contributed by atoms with van der Waals surface area (Å²) in [5.41, 5.74) is -0.165. The lowest BCUT2D eigenvalue weighted by atomic mass is 10.2. The summed E-state index contributed by atoms with van der Waals surface area (Å²) in [6, 6.07) is 0. The molecule has 2 rings (SSSR count). The van der Waals surface area contributed by atoms with Crippen molar-refractivity contribution in [2.24, 2.45) is 0 Å². The molecule has 0 amide bonds. The molecule has 17 heavy (non-hydrogen) atoms. The van der Waals surface area contributed by atoms with Gasteiger partial charge in [0.1, 0.15) is 0 Å². The van der Waals surface area contributed by atoms with Crippen molar-refractivity contribution in [3.8, 4) is 0 Å². The summed E-state index contributed by atoms with van der Waals surface area (Å²) in [4.78, 5) is 17.6. The first kappa shape index (κ1) is 12.1. The molecule has 1 aromatic heterocycles. The zero-order chi connectivity index (χ0) is 12.6. The fourth-order valence-corrected chi connectivity index (χ4v) is 2.69. The minimum atomic E-state index is -3.01. The van der Waals surface area contributed by atoms with Crippen molar-refractivity contribution in [3.63, 3.8) is 0 Å². The molecule has 0 atom stereocenters. The van der Waals surface area contributed by atoms with Gasteiger partial charge in [-0.15, -0.1) is 0 Å². The van der Waals surface area contributed by atoms with Gasteiger partial charge < -0.3 is 9.47 Å². The smallest absolute Gasteiger partial charge is 0.293 e. The maximum Gasteiger partial charge on any atom is 0.293 e. The third-order valence-corrected chi connectivity index (χ3v) is 4.50. The topological polar surface area (TPSA) is 72.3 Å². The molecule has 0 aliphatic carbocycles. The molecule has 2 heterocycles. The van der Waals surface area contributed by atoms with E-state index in [1.807, 2.05) is 6.92 Å². The Hall–Kier alpha value is -1.37. The average molecular weight is 257 g/mol. The van der Waals surface area contributed by atoms with Gasteiger partial charge in [0, 0.05) is 38.3 Å². The van der Waals surface area contributed by atoms with E-state index in [-0.39, 0.29) is 10.8 Å². The van der Waals surface area contributed by atoms with Crippen LogP contribution in [0.15, 0.2) is 17.2 Å². The molecule has 1 aromatic rings. The largest absolute Gasteiger partial charge is 0.349 e. The van der Waals surface area contributed by atoms with E-state index in [1.54, 1.807) is 21.9 Å². The van der Waals surface area contributed by atoms with E-state index in [0.29, 0.717) is 25.5 Å². The second-order valence-electron chi connectivity index (χ2n) is 4.20. The van der Waals surface area contributed by atoms with Gasteiger partial charge in [-0.1, -0.05) is 0 Å². The molecule has 6 nitrogen and oxygen atoms in total. The maximum absolute atomic E-state index is 11.9. The molecule has 0 N–H and O–H groups in total. The Morgan fingerprint density at radius 3 is 2.65 bits per heavy atom. The lowest BCUT2D eigenvalue weighted by Crippen LogP contribution is -2.56. The van der Waals surface area contributed by atoms with Gasteiger partial charge in [-0.3, -0.25) is 4.79 Å².